The van der Waals surface area contributed by atoms with Gasteiger partial charge in [-0.1, -0.05) is 0 Å². The number of urea groups is 1. The van der Waals surface area contributed by atoms with Crippen molar-refractivity contribution in [1.29, 1.82) is 0 Å². The topological polar surface area (TPSA) is 74.5 Å². The molecule has 5 nitrogen and oxygen atoms in total. The molecule has 0 bridgehead atoms. The summed E-state index contributed by atoms with van der Waals surface area (Å²) in [5.41, 5.74) is 0.699. The average Bonchev–Trinajstić information content (AvgIpc) is 2.93. The first-order valence-electron chi connectivity index (χ1n) is 5.67. The van der Waals surface area contributed by atoms with Crippen LogP contribution in [0.4, 0.5) is 10.5 Å². The molecular formula is C13H13IN2O3. The highest BCUT2D eigenvalue weighted by Crippen LogP contribution is 2.12. The summed E-state index contributed by atoms with van der Waals surface area (Å²) in [6.45, 7) is 0.0870. The highest BCUT2D eigenvalue weighted by Gasteiger charge is 2.11. The van der Waals surface area contributed by atoms with Crippen molar-refractivity contribution in [2.75, 3.05) is 11.9 Å². The minimum atomic E-state index is -0.850. The standard InChI is InChI=1S/C13H13IN2O3/c14-9-3-5-10(6-4-9)16-13(18)15-8-11(17)12-2-1-7-19-12/h1-7,11,17H,8H2,(H2,15,16,18). The van der Waals surface area contributed by atoms with Gasteiger partial charge in [-0.05, 0) is 59.0 Å². The molecule has 1 aromatic heterocycles. The normalized spacial score (nSPS) is 11.9. The second-order valence-electron chi connectivity index (χ2n) is 3.87. The lowest BCUT2D eigenvalue weighted by Gasteiger charge is -2.10. The number of anilines is 1. The lowest BCUT2D eigenvalue weighted by molar-refractivity contribution is 0.149. The summed E-state index contributed by atoms with van der Waals surface area (Å²) in [6.07, 6.45) is 0.627. The number of nitrogens with one attached hydrogen (secondary N) is 2. The predicted molar refractivity (Wildman–Crippen MR) is 79.8 cm³/mol. The van der Waals surface area contributed by atoms with Crippen LogP contribution in [-0.2, 0) is 0 Å². The van der Waals surface area contributed by atoms with Crippen LogP contribution in [0.15, 0.2) is 47.1 Å². The number of carbonyl (C=O) groups is 1. The first-order valence-corrected chi connectivity index (χ1v) is 6.75. The van der Waals surface area contributed by atoms with E-state index < -0.39 is 6.10 Å². The molecule has 0 aliphatic rings. The number of furan rings is 1. The molecule has 0 spiro atoms. The van der Waals surface area contributed by atoms with Crippen LogP contribution in [0.3, 0.4) is 0 Å². The van der Waals surface area contributed by atoms with Crippen LogP contribution in [0.2, 0.25) is 0 Å². The van der Waals surface area contributed by atoms with E-state index in [9.17, 15) is 9.90 Å². The maximum absolute atomic E-state index is 11.6. The van der Waals surface area contributed by atoms with E-state index in [1.807, 2.05) is 24.3 Å². The van der Waals surface area contributed by atoms with Gasteiger partial charge in [0, 0.05) is 9.26 Å². The molecule has 2 aromatic rings. The average molecular weight is 372 g/mol. The molecule has 0 aliphatic heterocycles. The molecular weight excluding hydrogens is 359 g/mol. The Morgan fingerprint density at radius 1 is 1.32 bits per heavy atom. The Morgan fingerprint density at radius 3 is 2.68 bits per heavy atom. The van der Waals surface area contributed by atoms with E-state index in [0.29, 0.717) is 11.4 Å². The molecule has 100 valence electrons. The Morgan fingerprint density at radius 2 is 2.05 bits per heavy atom. The van der Waals surface area contributed by atoms with Gasteiger partial charge < -0.3 is 20.2 Å². The number of aliphatic hydroxyl groups is 1. The molecule has 0 radical (unpaired) electrons. The minimum absolute atomic E-state index is 0.0870. The van der Waals surface area contributed by atoms with Crippen molar-refractivity contribution in [2.24, 2.45) is 0 Å². The van der Waals surface area contributed by atoms with Crippen LogP contribution in [-0.4, -0.2) is 17.7 Å². The fourth-order valence-corrected chi connectivity index (χ4v) is 1.84. The van der Waals surface area contributed by atoms with E-state index in [0.717, 1.165) is 3.57 Å². The summed E-state index contributed by atoms with van der Waals surface area (Å²) in [7, 11) is 0. The first-order chi connectivity index (χ1) is 9.15. The molecule has 6 heteroatoms. The van der Waals surface area contributed by atoms with E-state index in [1.165, 1.54) is 6.26 Å². The third kappa shape index (κ3) is 4.25. The van der Waals surface area contributed by atoms with Gasteiger partial charge in [-0.3, -0.25) is 0 Å². The molecule has 19 heavy (non-hydrogen) atoms. The first kappa shape index (κ1) is 13.9. The number of halogens is 1. The Bertz CT molecular complexity index is 525. The highest BCUT2D eigenvalue weighted by atomic mass is 127. The van der Waals surface area contributed by atoms with Crippen LogP contribution in [0, 0.1) is 3.57 Å². The molecule has 3 N–H and O–H groups in total. The molecule has 1 aromatic carbocycles. The second kappa shape index (κ2) is 6.58. The van der Waals surface area contributed by atoms with Crippen LogP contribution in [0.25, 0.3) is 0 Å². The third-order valence-electron chi connectivity index (χ3n) is 2.43. The van der Waals surface area contributed by atoms with Gasteiger partial charge in [-0.2, -0.15) is 0 Å². The van der Waals surface area contributed by atoms with Crippen LogP contribution in [0.5, 0.6) is 0 Å². The summed E-state index contributed by atoms with van der Waals surface area (Å²) in [4.78, 5) is 11.6. The van der Waals surface area contributed by atoms with E-state index in [4.69, 9.17) is 4.42 Å². The number of hydrogen-bond acceptors (Lipinski definition) is 3. The highest BCUT2D eigenvalue weighted by molar-refractivity contribution is 14.1. The fraction of sp³-hybridized carbons (Fsp3) is 0.154. The Balaban J connectivity index is 1.80. The van der Waals surface area contributed by atoms with Gasteiger partial charge in [0.2, 0.25) is 0 Å². The summed E-state index contributed by atoms with van der Waals surface area (Å²) in [5.74, 6) is 0.426. The molecule has 1 heterocycles. The van der Waals surface area contributed by atoms with Gasteiger partial charge >= 0.3 is 6.03 Å². The van der Waals surface area contributed by atoms with Crippen LogP contribution >= 0.6 is 22.6 Å². The van der Waals surface area contributed by atoms with Gasteiger partial charge in [0.25, 0.3) is 0 Å². The van der Waals surface area contributed by atoms with Crippen molar-refractivity contribution in [3.05, 3.63) is 52.0 Å². The molecule has 0 aliphatic carbocycles. The molecule has 2 rings (SSSR count). The summed E-state index contributed by atoms with van der Waals surface area (Å²) >= 11 is 2.19. The smallest absolute Gasteiger partial charge is 0.319 e. The molecule has 2 amide bonds. The van der Waals surface area contributed by atoms with Crippen LogP contribution < -0.4 is 10.6 Å². The molecule has 1 unspecified atom stereocenters. The Hall–Kier alpha value is -1.54. The van der Waals surface area contributed by atoms with Gasteiger partial charge in [-0.25, -0.2) is 4.79 Å². The largest absolute Gasteiger partial charge is 0.467 e. The number of hydrogen-bond donors (Lipinski definition) is 3. The zero-order valence-electron chi connectivity index (χ0n) is 9.97. The van der Waals surface area contributed by atoms with Gasteiger partial charge in [0.15, 0.2) is 0 Å². The van der Waals surface area contributed by atoms with Crippen molar-refractivity contribution in [3.8, 4) is 0 Å². The number of carbonyl (C=O) groups excluding carboxylic acids is 1. The molecule has 0 fully saturated rings. The summed E-state index contributed by atoms with van der Waals surface area (Å²) in [5, 5.41) is 15.0. The minimum Gasteiger partial charge on any atom is -0.467 e. The second-order valence-corrected chi connectivity index (χ2v) is 5.12. The van der Waals surface area contributed by atoms with E-state index in [2.05, 4.69) is 33.2 Å². The fourth-order valence-electron chi connectivity index (χ4n) is 1.48. The van der Waals surface area contributed by atoms with E-state index >= 15 is 0 Å². The van der Waals surface area contributed by atoms with Crippen molar-refractivity contribution in [1.82, 2.24) is 5.32 Å². The van der Waals surface area contributed by atoms with Gasteiger partial charge in [0.05, 0.1) is 12.8 Å². The Labute approximate surface area is 124 Å². The maximum Gasteiger partial charge on any atom is 0.319 e. The van der Waals surface area contributed by atoms with Crippen LogP contribution in [0.1, 0.15) is 11.9 Å². The van der Waals surface area contributed by atoms with E-state index in [-0.39, 0.29) is 12.6 Å². The van der Waals surface area contributed by atoms with Crippen molar-refractivity contribution < 1.29 is 14.3 Å². The predicted octanol–water partition coefficient (Wildman–Crippen LogP) is 2.74. The number of rotatable bonds is 4. The monoisotopic (exact) mass is 372 g/mol. The van der Waals surface area contributed by atoms with Crippen molar-refractivity contribution in [3.63, 3.8) is 0 Å². The Kier molecular flexibility index (Phi) is 4.80. The van der Waals surface area contributed by atoms with Crippen molar-refractivity contribution in [2.45, 2.75) is 6.10 Å². The summed E-state index contributed by atoms with van der Waals surface area (Å²) in [6, 6.07) is 10.4. The molecule has 1 atom stereocenters. The maximum atomic E-state index is 11.6. The van der Waals surface area contributed by atoms with E-state index in [1.54, 1.807) is 12.1 Å². The SMILES string of the molecule is O=C(NCC(O)c1ccco1)Nc1ccc(I)cc1. The molecule has 0 saturated carbocycles. The lowest BCUT2D eigenvalue weighted by Crippen LogP contribution is -2.32. The lowest BCUT2D eigenvalue weighted by atomic mass is 10.3. The molecule has 0 saturated heterocycles. The van der Waals surface area contributed by atoms with Gasteiger partial charge in [0.1, 0.15) is 11.9 Å². The number of amides is 2. The number of aliphatic hydroxyl groups excluding tert-OH is 1. The summed E-state index contributed by atoms with van der Waals surface area (Å²) < 4.78 is 6.13. The zero-order chi connectivity index (χ0) is 13.7. The quantitative estimate of drug-likeness (QED) is 0.723. The number of benzene rings is 1. The zero-order valence-corrected chi connectivity index (χ0v) is 12.1. The van der Waals surface area contributed by atoms with Crippen molar-refractivity contribution >= 4 is 34.3 Å². The third-order valence-corrected chi connectivity index (χ3v) is 3.15. The van der Waals surface area contributed by atoms with Gasteiger partial charge in [-0.15, -0.1) is 0 Å².